The lowest BCUT2D eigenvalue weighted by molar-refractivity contribution is -0.389. The third-order valence-corrected chi connectivity index (χ3v) is 2.21. The molecule has 104 valence electrons. The van der Waals surface area contributed by atoms with E-state index in [1.807, 2.05) is 20.8 Å². The fraction of sp³-hybridized carbons (Fsp3) is 0.500. The van der Waals surface area contributed by atoms with Crippen molar-refractivity contribution in [3.63, 3.8) is 0 Å². The maximum absolute atomic E-state index is 11.8. The van der Waals surface area contributed by atoms with Crippen LogP contribution in [0.4, 0.5) is 11.5 Å². The molecule has 1 aromatic rings. The van der Waals surface area contributed by atoms with Gasteiger partial charge in [-0.15, -0.1) is 0 Å². The van der Waals surface area contributed by atoms with Crippen LogP contribution >= 0.6 is 0 Å². The predicted molar refractivity (Wildman–Crippen MR) is 71.9 cm³/mol. The highest BCUT2D eigenvalue weighted by Crippen LogP contribution is 2.12. The SMILES string of the molecule is CC(Nc1ccc([N+](=O)[O-])nc1)C(=O)NC(C)(C)C. The van der Waals surface area contributed by atoms with Crippen LogP contribution in [-0.2, 0) is 4.79 Å². The van der Waals surface area contributed by atoms with Gasteiger partial charge in [0.25, 0.3) is 0 Å². The van der Waals surface area contributed by atoms with E-state index in [-0.39, 0.29) is 17.3 Å². The van der Waals surface area contributed by atoms with Gasteiger partial charge in [-0.3, -0.25) is 4.79 Å². The Morgan fingerprint density at radius 2 is 2.05 bits per heavy atom. The molecule has 1 amide bonds. The molecule has 0 bridgehead atoms. The van der Waals surface area contributed by atoms with Gasteiger partial charge in [0.1, 0.15) is 6.04 Å². The number of rotatable bonds is 4. The minimum absolute atomic E-state index is 0.147. The number of hydrogen-bond donors (Lipinski definition) is 2. The van der Waals surface area contributed by atoms with Crippen LogP contribution in [0.2, 0.25) is 0 Å². The van der Waals surface area contributed by atoms with Gasteiger partial charge in [-0.25, -0.2) is 0 Å². The molecule has 0 aliphatic carbocycles. The largest absolute Gasteiger partial charge is 0.371 e. The number of amides is 1. The molecule has 1 rings (SSSR count). The molecular weight excluding hydrogens is 248 g/mol. The standard InChI is InChI=1S/C12H18N4O3/c1-8(11(17)15-12(2,3)4)14-9-5-6-10(13-7-9)16(18)19/h5-8,14H,1-4H3,(H,15,17). The lowest BCUT2D eigenvalue weighted by atomic mass is 10.1. The highest BCUT2D eigenvalue weighted by molar-refractivity contribution is 5.84. The van der Waals surface area contributed by atoms with Crippen molar-refractivity contribution < 1.29 is 9.72 Å². The van der Waals surface area contributed by atoms with Crippen LogP contribution in [0.1, 0.15) is 27.7 Å². The van der Waals surface area contributed by atoms with E-state index >= 15 is 0 Å². The Bertz CT molecular complexity index is 465. The Kier molecular flexibility index (Phi) is 4.42. The molecule has 1 heterocycles. The Labute approximate surface area is 111 Å². The van der Waals surface area contributed by atoms with E-state index in [0.717, 1.165) is 0 Å². The smallest absolute Gasteiger partial charge is 0.363 e. The topological polar surface area (TPSA) is 97.2 Å². The van der Waals surface area contributed by atoms with Crippen molar-refractivity contribution in [1.82, 2.24) is 10.3 Å². The average molecular weight is 266 g/mol. The summed E-state index contributed by atoms with van der Waals surface area (Å²) in [7, 11) is 0. The summed E-state index contributed by atoms with van der Waals surface area (Å²) in [5, 5.41) is 16.2. The van der Waals surface area contributed by atoms with Crippen molar-refractivity contribution in [1.29, 1.82) is 0 Å². The molecule has 1 atom stereocenters. The van der Waals surface area contributed by atoms with E-state index in [1.54, 1.807) is 6.92 Å². The first-order chi connectivity index (χ1) is 8.69. The van der Waals surface area contributed by atoms with E-state index in [2.05, 4.69) is 15.6 Å². The van der Waals surface area contributed by atoms with Crippen LogP contribution in [0.3, 0.4) is 0 Å². The summed E-state index contributed by atoms with van der Waals surface area (Å²) >= 11 is 0. The number of nitrogens with one attached hydrogen (secondary N) is 2. The van der Waals surface area contributed by atoms with E-state index in [4.69, 9.17) is 0 Å². The highest BCUT2D eigenvalue weighted by Gasteiger charge is 2.19. The van der Waals surface area contributed by atoms with Crippen molar-refractivity contribution in [2.75, 3.05) is 5.32 Å². The number of anilines is 1. The molecule has 1 unspecified atom stereocenters. The summed E-state index contributed by atoms with van der Waals surface area (Å²) < 4.78 is 0. The van der Waals surface area contributed by atoms with Crippen molar-refractivity contribution in [2.45, 2.75) is 39.3 Å². The zero-order valence-electron chi connectivity index (χ0n) is 11.4. The first-order valence-electron chi connectivity index (χ1n) is 5.88. The summed E-state index contributed by atoms with van der Waals surface area (Å²) in [6, 6.07) is 2.35. The normalized spacial score (nSPS) is 12.6. The number of carbonyl (C=O) groups excluding carboxylic acids is 1. The number of aromatic nitrogens is 1. The summed E-state index contributed by atoms with van der Waals surface area (Å²) in [5.74, 6) is -0.372. The van der Waals surface area contributed by atoms with Crippen LogP contribution in [0.15, 0.2) is 18.3 Å². The minimum Gasteiger partial charge on any atom is -0.371 e. The van der Waals surface area contributed by atoms with Gasteiger partial charge in [0.15, 0.2) is 6.20 Å². The van der Waals surface area contributed by atoms with Crippen LogP contribution in [-0.4, -0.2) is 27.4 Å². The molecular formula is C12H18N4O3. The van der Waals surface area contributed by atoms with Crippen LogP contribution < -0.4 is 10.6 Å². The van der Waals surface area contributed by atoms with Crippen LogP contribution in [0.25, 0.3) is 0 Å². The number of nitro groups is 1. The molecule has 0 aliphatic rings. The lowest BCUT2D eigenvalue weighted by Crippen LogP contribution is -2.47. The number of carbonyl (C=O) groups is 1. The van der Waals surface area contributed by atoms with Crippen LogP contribution in [0, 0.1) is 10.1 Å². The van der Waals surface area contributed by atoms with Gasteiger partial charge < -0.3 is 20.7 Å². The average Bonchev–Trinajstić information content (AvgIpc) is 2.27. The van der Waals surface area contributed by atoms with Crippen LogP contribution in [0.5, 0.6) is 0 Å². The molecule has 7 heteroatoms. The molecule has 0 aliphatic heterocycles. The molecule has 19 heavy (non-hydrogen) atoms. The molecule has 0 saturated heterocycles. The summed E-state index contributed by atoms with van der Waals surface area (Å²) in [5.41, 5.74) is 0.253. The highest BCUT2D eigenvalue weighted by atomic mass is 16.6. The number of hydrogen-bond acceptors (Lipinski definition) is 5. The Hall–Kier alpha value is -2.18. The van der Waals surface area contributed by atoms with Crippen molar-refractivity contribution >= 4 is 17.4 Å². The van der Waals surface area contributed by atoms with Gasteiger partial charge in [-0.05, 0) is 43.7 Å². The maximum Gasteiger partial charge on any atom is 0.363 e. The second-order valence-electron chi connectivity index (χ2n) is 5.27. The monoisotopic (exact) mass is 266 g/mol. The Balaban J connectivity index is 2.64. The first kappa shape index (κ1) is 14.9. The van der Waals surface area contributed by atoms with E-state index in [9.17, 15) is 14.9 Å². The molecule has 1 aromatic heterocycles. The summed E-state index contributed by atoms with van der Waals surface area (Å²) in [4.78, 5) is 25.4. The van der Waals surface area contributed by atoms with Crippen molar-refractivity contribution in [2.24, 2.45) is 0 Å². The molecule has 0 fully saturated rings. The number of pyridine rings is 1. The maximum atomic E-state index is 11.8. The summed E-state index contributed by atoms with van der Waals surface area (Å²) in [6.07, 6.45) is 1.33. The van der Waals surface area contributed by atoms with E-state index < -0.39 is 11.0 Å². The third-order valence-electron chi connectivity index (χ3n) is 2.21. The van der Waals surface area contributed by atoms with Crippen molar-refractivity contribution in [3.05, 3.63) is 28.4 Å². The summed E-state index contributed by atoms with van der Waals surface area (Å²) in [6.45, 7) is 7.39. The van der Waals surface area contributed by atoms with E-state index in [1.165, 1.54) is 18.3 Å². The Morgan fingerprint density at radius 1 is 1.42 bits per heavy atom. The van der Waals surface area contributed by atoms with Gasteiger partial charge in [0, 0.05) is 11.6 Å². The molecule has 0 radical (unpaired) electrons. The van der Waals surface area contributed by atoms with Gasteiger partial charge in [0.05, 0.1) is 5.69 Å². The fourth-order valence-electron chi connectivity index (χ4n) is 1.37. The van der Waals surface area contributed by atoms with E-state index in [0.29, 0.717) is 5.69 Å². The molecule has 0 aromatic carbocycles. The Morgan fingerprint density at radius 3 is 2.47 bits per heavy atom. The first-order valence-corrected chi connectivity index (χ1v) is 5.88. The zero-order chi connectivity index (χ0) is 14.6. The quantitative estimate of drug-likeness (QED) is 0.638. The van der Waals surface area contributed by atoms with Crippen molar-refractivity contribution in [3.8, 4) is 0 Å². The van der Waals surface area contributed by atoms with Gasteiger partial charge >= 0.3 is 5.82 Å². The molecule has 7 nitrogen and oxygen atoms in total. The second-order valence-corrected chi connectivity index (χ2v) is 5.27. The second kappa shape index (κ2) is 5.64. The molecule has 2 N–H and O–H groups in total. The zero-order valence-corrected chi connectivity index (χ0v) is 11.4. The molecule has 0 spiro atoms. The van der Waals surface area contributed by atoms with Gasteiger partial charge in [-0.2, -0.15) is 0 Å². The minimum atomic E-state index is -0.570. The fourth-order valence-corrected chi connectivity index (χ4v) is 1.37. The lowest BCUT2D eigenvalue weighted by Gasteiger charge is -2.23. The predicted octanol–water partition coefficient (Wildman–Crippen LogP) is 1.70. The van der Waals surface area contributed by atoms with Gasteiger partial charge in [-0.1, -0.05) is 0 Å². The van der Waals surface area contributed by atoms with Gasteiger partial charge in [0.2, 0.25) is 5.91 Å². The molecule has 0 saturated carbocycles. The number of nitrogens with zero attached hydrogens (tertiary/aromatic N) is 2. The third kappa shape index (κ3) is 4.90.